The van der Waals surface area contributed by atoms with Crippen molar-refractivity contribution in [1.82, 2.24) is 30.4 Å². The fourth-order valence-electron chi connectivity index (χ4n) is 3.21. The third kappa shape index (κ3) is 4.05. The van der Waals surface area contributed by atoms with Gasteiger partial charge in [0.05, 0.1) is 13.1 Å². The Kier molecular flexibility index (Phi) is 5.36. The first kappa shape index (κ1) is 18.2. The van der Waals surface area contributed by atoms with E-state index in [2.05, 4.69) is 42.3 Å². The van der Waals surface area contributed by atoms with Crippen molar-refractivity contribution in [3.05, 3.63) is 53.4 Å². The predicted octanol–water partition coefficient (Wildman–Crippen LogP) is 2.44. The zero-order valence-electron chi connectivity index (χ0n) is 16.3. The molecule has 1 aromatic carbocycles. The van der Waals surface area contributed by atoms with E-state index in [1.54, 1.807) is 6.26 Å². The molecule has 0 saturated heterocycles. The van der Waals surface area contributed by atoms with E-state index in [9.17, 15) is 0 Å². The quantitative estimate of drug-likeness (QED) is 0.505. The van der Waals surface area contributed by atoms with Gasteiger partial charge in [0.15, 0.2) is 11.8 Å². The largest absolute Gasteiger partial charge is 0.444 e. The minimum Gasteiger partial charge on any atom is -0.444 e. The summed E-state index contributed by atoms with van der Waals surface area (Å²) in [6, 6.07) is 8.12. The number of oxazole rings is 1. The molecule has 28 heavy (non-hydrogen) atoms. The van der Waals surface area contributed by atoms with Crippen molar-refractivity contribution in [1.29, 1.82) is 0 Å². The van der Waals surface area contributed by atoms with Gasteiger partial charge in [-0.1, -0.05) is 17.7 Å². The molecule has 1 aliphatic rings. The van der Waals surface area contributed by atoms with Crippen LogP contribution in [0.2, 0.25) is 0 Å². The first-order valence-electron chi connectivity index (χ1n) is 9.67. The monoisotopic (exact) mass is 379 g/mol. The van der Waals surface area contributed by atoms with Crippen LogP contribution in [0.4, 0.5) is 0 Å². The van der Waals surface area contributed by atoms with Gasteiger partial charge in [0.2, 0.25) is 5.89 Å². The maximum absolute atomic E-state index is 5.61. The Bertz CT molecular complexity index is 955. The van der Waals surface area contributed by atoms with Crippen molar-refractivity contribution in [2.45, 2.75) is 46.3 Å². The highest BCUT2D eigenvalue weighted by Gasteiger charge is 2.17. The SMILES string of the molecule is CCNC(=NCc1coc(-c2ccc(C)cc2)n1)NCc1nnc2n1CCC2. The van der Waals surface area contributed by atoms with Gasteiger partial charge in [0.1, 0.15) is 17.8 Å². The van der Waals surface area contributed by atoms with Crippen molar-refractivity contribution in [3.63, 3.8) is 0 Å². The Morgan fingerprint density at radius 2 is 2.07 bits per heavy atom. The molecule has 3 heterocycles. The maximum atomic E-state index is 5.61. The highest BCUT2D eigenvalue weighted by Crippen LogP contribution is 2.19. The van der Waals surface area contributed by atoms with Crippen LogP contribution in [-0.4, -0.2) is 32.3 Å². The molecule has 0 unspecified atom stereocenters. The lowest BCUT2D eigenvalue weighted by Crippen LogP contribution is -2.37. The van der Waals surface area contributed by atoms with Crippen LogP contribution in [0.3, 0.4) is 0 Å². The van der Waals surface area contributed by atoms with E-state index in [0.717, 1.165) is 54.8 Å². The summed E-state index contributed by atoms with van der Waals surface area (Å²) in [5.74, 6) is 3.35. The lowest BCUT2D eigenvalue weighted by molar-refractivity contribution is 0.572. The maximum Gasteiger partial charge on any atom is 0.226 e. The van der Waals surface area contributed by atoms with Crippen LogP contribution >= 0.6 is 0 Å². The number of benzene rings is 1. The van der Waals surface area contributed by atoms with E-state index in [4.69, 9.17) is 4.42 Å². The van der Waals surface area contributed by atoms with Gasteiger partial charge >= 0.3 is 0 Å². The molecule has 2 aromatic heterocycles. The van der Waals surface area contributed by atoms with Crippen LogP contribution in [0.15, 0.2) is 39.9 Å². The molecule has 1 aliphatic heterocycles. The summed E-state index contributed by atoms with van der Waals surface area (Å²) in [7, 11) is 0. The summed E-state index contributed by atoms with van der Waals surface area (Å²) in [6.45, 7) is 6.89. The lowest BCUT2D eigenvalue weighted by Gasteiger charge is -2.10. The number of aliphatic imine (C=N–C) groups is 1. The van der Waals surface area contributed by atoms with E-state index >= 15 is 0 Å². The Morgan fingerprint density at radius 1 is 1.21 bits per heavy atom. The number of hydrogen-bond acceptors (Lipinski definition) is 5. The van der Waals surface area contributed by atoms with Crippen LogP contribution < -0.4 is 10.6 Å². The van der Waals surface area contributed by atoms with E-state index in [-0.39, 0.29) is 0 Å². The first-order chi connectivity index (χ1) is 13.7. The molecule has 0 bridgehead atoms. The van der Waals surface area contributed by atoms with Gasteiger partial charge in [-0.15, -0.1) is 10.2 Å². The van der Waals surface area contributed by atoms with Crippen molar-refractivity contribution in [3.8, 4) is 11.5 Å². The zero-order valence-corrected chi connectivity index (χ0v) is 16.3. The number of rotatable bonds is 6. The molecule has 0 aliphatic carbocycles. The molecule has 0 fully saturated rings. The topological polar surface area (TPSA) is 93.2 Å². The smallest absolute Gasteiger partial charge is 0.226 e. The first-order valence-corrected chi connectivity index (χ1v) is 9.67. The van der Waals surface area contributed by atoms with Gasteiger partial charge in [-0.2, -0.15) is 0 Å². The Labute approximate surface area is 164 Å². The van der Waals surface area contributed by atoms with Crippen LogP contribution in [0, 0.1) is 6.92 Å². The molecule has 0 saturated carbocycles. The van der Waals surface area contributed by atoms with Gasteiger partial charge in [-0.05, 0) is 32.4 Å². The van der Waals surface area contributed by atoms with E-state index < -0.39 is 0 Å². The molecule has 0 amide bonds. The molecule has 0 radical (unpaired) electrons. The van der Waals surface area contributed by atoms with E-state index in [1.165, 1.54) is 5.56 Å². The average Bonchev–Trinajstić information content (AvgIpc) is 3.42. The van der Waals surface area contributed by atoms with Gasteiger partial charge in [0, 0.05) is 25.1 Å². The Hall–Kier alpha value is -3.16. The van der Waals surface area contributed by atoms with Gasteiger partial charge in [0.25, 0.3) is 0 Å². The molecular weight excluding hydrogens is 354 g/mol. The average molecular weight is 379 g/mol. The minimum absolute atomic E-state index is 0.433. The van der Waals surface area contributed by atoms with Crippen molar-refractivity contribution in [2.75, 3.05) is 6.54 Å². The minimum atomic E-state index is 0.433. The van der Waals surface area contributed by atoms with Gasteiger partial charge in [-0.25, -0.2) is 9.98 Å². The Morgan fingerprint density at radius 3 is 2.89 bits per heavy atom. The highest BCUT2D eigenvalue weighted by molar-refractivity contribution is 5.79. The number of guanidine groups is 1. The zero-order chi connectivity index (χ0) is 19.3. The fourth-order valence-corrected chi connectivity index (χ4v) is 3.21. The fraction of sp³-hybridized carbons (Fsp3) is 0.400. The lowest BCUT2D eigenvalue weighted by atomic mass is 10.1. The summed E-state index contributed by atoms with van der Waals surface area (Å²) in [4.78, 5) is 9.16. The van der Waals surface area contributed by atoms with Gasteiger partial charge < -0.3 is 19.6 Å². The van der Waals surface area contributed by atoms with Gasteiger partial charge in [-0.3, -0.25) is 0 Å². The second-order valence-corrected chi connectivity index (χ2v) is 6.85. The third-order valence-corrected chi connectivity index (χ3v) is 4.69. The predicted molar refractivity (Wildman–Crippen MR) is 107 cm³/mol. The second kappa shape index (κ2) is 8.24. The summed E-state index contributed by atoms with van der Waals surface area (Å²) >= 11 is 0. The summed E-state index contributed by atoms with van der Waals surface area (Å²) in [6.07, 6.45) is 3.81. The number of nitrogens with zero attached hydrogens (tertiary/aromatic N) is 5. The summed E-state index contributed by atoms with van der Waals surface area (Å²) in [5, 5.41) is 15.1. The van der Waals surface area contributed by atoms with Crippen LogP contribution in [0.1, 0.15) is 36.3 Å². The number of aromatic nitrogens is 4. The van der Waals surface area contributed by atoms with Crippen LogP contribution in [0.5, 0.6) is 0 Å². The number of hydrogen-bond donors (Lipinski definition) is 2. The van der Waals surface area contributed by atoms with E-state index in [0.29, 0.717) is 19.0 Å². The normalized spacial score (nSPS) is 13.6. The molecule has 0 atom stereocenters. The highest BCUT2D eigenvalue weighted by atomic mass is 16.3. The standard InChI is InChI=1S/C20H25N7O/c1-3-21-20(23-12-18-26-25-17-5-4-10-27(17)18)22-11-16-13-28-19(24-16)15-8-6-14(2)7-9-15/h6-9,13H,3-5,10-12H2,1-2H3,(H2,21,22,23). The third-order valence-electron chi connectivity index (χ3n) is 4.69. The number of fused-ring (bicyclic) bond motifs is 1. The van der Waals surface area contributed by atoms with E-state index in [1.807, 2.05) is 31.2 Å². The summed E-state index contributed by atoms with van der Waals surface area (Å²) in [5.41, 5.74) is 2.96. The molecule has 146 valence electrons. The van der Waals surface area contributed by atoms with Crippen molar-refractivity contribution in [2.24, 2.45) is 4.99 Å². The van der Waals surface area contributed by atoms with Crippen molar-refractivity contribution < 1.29 is 4.42 Å². The van der Waals surface area contributed by atoms with Crippen molar-refractivity contribution >= 4 is 5.96 Å². The molecular formula is C20H25N7O. The Balaban J connectivity index is 1.40. The molecule has 0 spiro atoms. The summed E-state index contributed by atoms with van der Waals surface area (Å²) < 4.78 is 7.79. The molecule has 8 heteroatoms. The van der Waals surface area contributed by atoms with Crippen LogP contribution in [-0.2, 0) is 26.1 Å². The number of aryl methyl sites for hydroxylation is 2. The molecule has 3 aromatic rings. The molecule has 4 rings (SSSR count). The molecule has 8 nitrogen and oxygen atoms in total. The molecule has 2 N–H and O–H groups in total. The number of nitrogens with one attached hydrogen (secondary N) is 2. The van der Waals surface area contributed by atoms with Crippen LogP contribution in [0.25, 0.3) is 11.5 Å². The second-order valence-electron chi connectivity index (χ2n) is 6.85.